The summed E-state index contributed by atoms with van der Waals surface area (Å²) in [6, 6.07) is 7.09. The van der Waals surface area contributed by atoms with Crippen LogP contribution in [-0.2, 0) is 4.79 Å². The van der Waals surface area contributed by atoms with E-state index in [1.165, 1.54) is 0 Å². The third-order valence-electron chi connectivity index (χ3n) is 3.17. The molecule has 0 aromatic heterocycles. The van der Waals surface area contributed by atoms with Gasteiger partial charge in [-0.2, -0.15) is 0 Å². The minimum atomic E-state index is -0.814. The van der Waals surface area contributed by atoms with Gasteiger partial charge in [-0.25, -0.2) is 0 Å². The fourth-order valence-corrected chi connectivity index (χ4v) is 2.45. The number of halogens is 1. The monoisotopic (exact) mass is 253 g/mol. The molecule has 2 rings (SSSR count). The molecule has 1 aliphatic carbocycles. The summed E-state index contributed by atoms with van der Waals surface area (Å²) in [4.78, 5) is 11.8. The van der Waals surface area contributed by atoms with Crippen molar-refractivity contribution in [1.82, 2.24) is 0 Å². The van der Waals surface area contributed by atoms with Crippen molar-refractivity contribution < 1.29 is 9.90 Å². The van der Waals surface area contributed by atoms with E-state index in [9.17, 15) is 9.90 Å². The van der Waals surface area contributed by atoms with Crippen molar-refractivity contribution in [3.05, 3.63) is 29.3 Å². The highest BCUT2D eigenvalue weighted by atomic mass is 35.5. The van der Waals surface area contributed by atoms with E-state index in [4.69, 9.17) is 11.6 Å². The first-order valence-electron chi connectivity index (χ1n) is 5.86. The summed E-state index contributed by atoms with van der Waals surface area (Å²) in [5.41, 5.74) is -0.216. The molecular formula is C13H16ClNO2. The van der Waals surface area contributed by atoms with Crippen molar-refractivity contribution in [1.29, 1.82) is 0 Å². The zero-order valence-corrected chi connectivity index (χ0v) is 10.3. The number of anilines is 1. The summed E-state index contributed by atoms with van der Waals surface area (Å²) in [6.45, 7) is 0. The largest absolute Gasteiger partial charge is 0.389 e. The van der Waals surface area contributed by atoms with Crippen LogP contribution >= 0.6 is 11.6 Å². The van der Waals surface area contributed by atoms with Crippen LogP contribution in [0.1, 0.15) is 32.1 Å². The number of hydrogen-bond donors (Lipinski definition) is 2. The topological polar surface area (TPSA) is 49.3 Å². The van der Waals surface area contributed by atoms with Crippen molar-refractivity contribution in [3.8, 4) is 0 Å². The Bertz CT molecular complexity index is 414. The number of rotatable bonds is 3. The van der Waals surface area contributed by atoms with E-state index in [2.05, 4.69) is 5.32 Å². The number of aliphatic hydroxyl groups is 1. The maximum absolute atomic E-state index is 11.8. The van der Waals surface area contributed by atoms with E-state index in [1.54, 1.807) is 12.1 Å². The number of carbonyl (C=O) groups excluding carboxylic acids is 1. The highest BCUT2D eigenvalue weighted by Crippen LogP contribution is 2.32. The average Bonchev–Trinajstić information content (AvgIpc) is 2.68. The molecule has 4 heteroatoms. The fourth-order valence-electron chi connectivity index (χ4n) is 2.27. The molecule has 1 amide bonds. The lowest BCUT2D eigenvalue weighted by molar-refractivity contribution is -0.120. The number of para-hydroxylation sites is 1. The Labute approximate surface area is 106 Å². The predicted molar refractivity (Wildman–Crippen MR) is 68.1 cm³/mol. The number of nitrogens with one attached hydrogen (secondary N) is 1. The van der Waals surface area contributed by atoms with E-state index in [0.717, 1.165) is 12.8 Å². The highest BCUT2D eigenvalue weighted by Gasteiger charge is 2.33. The summed E-state index contributed by atoms with van der Waals surface area (Å²) >= 11 is 5.94. The second-order valence-electron chi connectivity index (χ2n) is 4.64. The Hall–Kier alpha value is -1.06. The molecule has 0 aliphatic heterocycles. The molecule has 92 valence electrons. The first kappa shape index (κ1) is 12.4. The van der Waals surface area contributed by atoms with Gasteiger partial charge >= 0.3 is 0 Å². The quantitative estimate of drug-likeness (QED) is 0.870. The van der Waals surface area contributed by atoms with E-state index < -0.39 is 5.60 Å². The minimum Gasteiger partial charge on any atom is -0.389 e. The zero-order chi connectivity index (χ0) is 12.3. The third kappa shape index (κ3) is 3.20. The Morgan fingerprint density at radius 2 is 2.00 bits per heavy atom. The first-order chi connectivity index (χ1) is 8.09. The molecule has 1 saturated carbocycles. The van der Waals surface area contributed by atoms with Crippen molar-refractivity contribution in [2.45, 2.75) is 37.7 Å². The van der Waals surface area contributed by atoms with Crippen LogP contribution in [0.3, 0.4) is 0 Å². The van der Waals surface area contributed by atoms with Crippen LogP contribution < -0.4 is 5.32 Å². The van der Waals surface area contributed by atoms with Crippen LogP contribution in [0.25, 0.3) is 0 Å². The van der Waals surface area contributed by atoms with Crippen molar-refractivity contribution in [2.24, 2.45) is 0 Å². The maximum Gasteiger partial charge on any atom is 0.227 e. The SMILES string of the molecule is O=C(CC1(O)CCCC1)Nc1ccccc1Cl. The van der Waals surface area contributed by atoms with Gasteiger partial charge in [0.2, 0.25) is 5.91 Å². The summed E-state index contributed by atoms with van der Waals surface area (Å²) in [7, 11) is 0. The number of benzene rings is 1. The summed E-state index contributed by atoms with van der Waals surface area (Å²) < 4.78 is 0. The Morgan fingerprint density at radius 3 is 2.65 bits per heavy atom. The molecule has 0 bridgehead atoms. The second kappa shape index (κ2) is 5.07. The van der Waals surface area contributed by atoms with Crippen molar-refractivity contribution >= 4 is 23.2 Å². The van der Waals surface area contributed by atoms with Crippen LogP contribution in [-0.4, -0.2) is 16.6 Å². The molecule has 1 fully saturated rings. The Kier molecular flexibility index (Phi) is 3.69. The van der Waals surface area contributed by atoms with Gasteiger partial charge in [0.1, 0.15) is 0 Å². The van der Waals surface area contributed by atoms with Gasteiger partial charge in [0.05, 0.1) is 22.7 Å². The van der Waals surface area contributed by atoms with Crippen LogP contribution in [0.15, 0.2) is 24.3 Å². The minimum absolute atomic E-state index is 0.151. The molecule has 0 radical (unpaired) electrons. The predicted octanol–water partition coefficient (Wildman–Crippen LogP) is 2.97. The van der Waals surface area contributed by atoms with E-state index in [0.29, 0.717) is 23.6 Å². The normalized spacial score (nSPS) is 18.0. The van der Waals surface area contributed by atoms with Gasteiger partial charge in [-0.05, 0) is 25.0 Å². The molecule has 17 heavy (non-hydrogen) atoms. The van der Waals surface area contributed by atoms with Crippen LogP contribution in [0.5, 0.6) is 0 Å². The summed E-state index contributed by atoms with van der Waals surface area (Å²) in [5, 5.41) is 13.4. The summed E-state index contributed by atoms with van der Waals surface area (Å²) in [5.74, 6) is -0.178. The van der Waals surface area contributed by atoms with Crippen LogP contribution in [0, 0.1) is 0 Å². The smallest absolute Gasteiger partial charge is 0.227 e. The van der Waals surface area contributed by atoms with Gasteiger partial charge in [0, 0.05) is 0 Å². The maximum atomic E-state index is 11.8. The van der Waals surface area contributed by atoms with Crippen LogP contribution in [0.2, 0.25) is 5.02 Å². The van der Waals surface area contributed by atoms with E-state index in [-0.39, 0.29) is 12.3 Å². The Balaban J connectivity index is 1.96. The molecule has 1 aromatic rings. The molecule has 3 nitrogen and oxygen atoms in total. The number of carbonyl (C=O) groups is 1. The standard InChI is InChI=1S/C13H16ClNO2/c14-10-5-1-2-6-11(10)15-12(16)9-13(17)7-3-4-8-13/h1-2,5-6,17H,3-4,7-9H2,(H,15,16). The number of hydrogen-bond acceptors (Lipinski definition) is 2. The van der Waals surface area contributed by atoms with E-state index in [1.807, 2.05) is 12.1 Å². The highest BCUT2D eigenvalue weighted by molar-refractivity contribution is 6.33. The Morgan fingerprint density at radius 1 is 1.35 bits per heavy atom. The van der Waals surface area contributed by atoms with Crippen molar-refractivity contribution in [2.75, 3.05) is 5.32 Å². The lowest BCUT2D eigenvalue weighted by Gasteiger charge is -2.21. The first-order valence-corrected chi connectivity index (χ1v) is 6.24. The fraction of sp³-hybridized carbons (Fsp3) is 0.462. The molecule has 0 heterocycles. The van der Waals surface area contributed by atoms with Gasteiger partial charge in [0.15, 0.2) is 0 Å². The molecule has 0 atom stereocenters. The van der Waals surface area contributed by atoms with E-state index >= 15 is 0 Å². The second-order valence-corrected chi connectivity index (χ2v) is 5.04. The van der Waals surface area contributed by atoms with Gasteiger partial charge in [-0.15, -0.1) is 0 Å². The van der Waals surface area contributed by atoms with Crippen LogP contribution in [0.4, 0.5) is 5.69 Å². The van der Waals surface area contributed by atoms with Gasteiger partial charge in [-0.1, -0.05) is 36.6 Å². The molecule has 2 N–H and O–H groups in total. The van der Waals surface area contributed by atoms with Crippen molar-refractivity contribution in [3.63, 3.8) is 0 Å². The van der Waals surface area contributed by atoms with Gasteiger partial charge in [0.25, 0.3) is 0 Å². The molecule has 0 saturated heterocycles. The van der Waals surface area contributed by atoms with Gasteiger partial charge in [-0.3, -0.25) is 4.79 Å². The lowest BCUT2D eigenvalue weighted by Crippen LogP contribution is -2.30. The molecule has 0 unspecified atom stereocenters. The lowest BCUT2D eigenvalue weighted by atomic mass is 9.97. The summed E-state index contributed by atoms with van der Waals surface area (Å²) in [6.07, 6.45) is 3.57. The third-order valence-corrected chi connectivity index (χ3v) is 3.50. The molecule has 1 aliphatic rings. The average molecular weight is 254 g/mol. The molecule has 1 aromatic carbocycles. The van der Waals surface area contributed by atoms with Gasteiger partial charge < -0.3 is 10.4 Å². The molecule has 0 spiro atoms. The molecular weight excluding hydrogens is 238 g/mol. The zero-order valence-electron chi connectivity index (χ0n) is 9.58. The number of amides is 1.